The topological polar surface area (TPSA) is 90.3 Å². The number of carbonyl (C=O) groups is 1. The van der Waals surface area contributed by atoms with Crippen LogP contribution in [0.2, 0.25) is 0 Å². The second-order valence-electron chi connectivity index (χ2n) is 4.14. The Bertz CT molecular complexity index is 617. The maximum Gasteiger partial charge on any atom is 0.243 e. The van der Waals surface area contributed by atoms with Gasteiger partial charge >= 0.3 is 0 Å². The third-order valence-corrected chi connectivity index (χ3v) is 4.81. The summed E-state index contributed by atoms with van der Waals surface area (Å²) in [5, 5.41) is 11.3. The highest BCUT2D eigenvalue weighted by Crippen LogP contribution is 2.17. The molecule has 1 aliphatic rings. The van der Waals surface area contributed by atoms with Crippen LogP contribution in [0.4, 0.5) is 0 Å². The zero-order valence-corrected chi connectivity index (χ0v) is 11.0. The van der Waals surface area contributed by atoms with Crippen molar-refractivity contribution >= 4 is 15.9 Å². The molecule has 0 bridgehead atoms. The lowest BCUT2D eigenvalue weighted by Gasteiger charge is -2.19. The van der Waals surface area contributed by atoms with Crippen LogP contribution in [0.1, 0.15) is 12.0 Å². The summed E-state index contributed by atoms with van der Waals surface area (Å²) in [6, 6.07) is 7.69. The average Bonchev–Trinajstić information content (AvgIpc) is 2.64. The molecule has 1 aromatic rings. The Balaban J connectivity index is 2.25. The molecule has 1 saturated heterocycles. The van der Waals surface area contributed by atoms with Crippen LogP contribution in [-0.4, -0.2) is 38.3 Å². The van der Waals surface area contributed by atoms with Crippen LogP contribution in [0.25, 0.3) is 0 Å². The number of nitrogens with zero attached hydrogens (tertiary/aromatic N) is 2. The van der Waals surface area contributed by atoms with Crippen LogP contribution in [0, 0.1) is 11.3 Å². The monoisotopic (exact) mass is 279 g/mol. The summed E-state index contributed by atoms with van der Waals surface area (Å²) in [7, 11) is -3.60. The Morgan fingerprint density at radius 3 is 2.53 bits per heavy atom. The molecule has 0 radical (unpaired) electrons. The van der Waals surface area contributed by atoms with E-state index in [1.807, 2.05) is 6.07 Å². The first-order valence-electron chi connectivity index (χ1n) is 5.81. The normalized spacial score (nSPS) is 17.3. The Hall–Kier alpha value is -1.91. The predicted molar refractivity (Wildman–Crippen MR) is 67.5 cm³/mol. The quantitative estimate of drug-likeness (QED) is 0.829. The van der Waals surface area contributed by atoms with Crippen LogP contribution < -0.4 is 5.32 Å². The van der Waals surface area contributed by atoms with Crippen molar-refractivity contribution in [2.45, 2.75) is 11.3 Å². The maximum atomic E-state index is 12.4. The van der Waals surface area contributed by atoms with Crippen molar-refractivity contribution < 1.29 is 13.2 Å². The molecule has 6 nitrogen and oxygen atoms in total. The molecular weight excluding hydrogens is 266 g/mol. The Kier molecular flexibility index (Phi) is 3.83. The molecule has 0 aromatic heterocycles. The standard InChI is InChI=1S/C12H13N3O3S/c13-9-10-1-3-11(4-2-10)19(17,18)15-7-5-12(16)14-6-8-15/h1-4H,5-8H2,(H,14,16). The molecule has 0 atom stereocenters. The molecule has 1 N–H and O–H groups in total. The Morgan fingerprint density at radius 1 is 1.21 bits per heavy atom. The Labute approximate surface area is 111 Å². The second kappa shape index (κ2) is 5.38. The summed E-state index contributed by atoms with van der Waals surface area (Å²) in [5.74, 6) is -0.141. The number of hydrogen-bond donors (Lipinski definition) is 1. The van der Waals surface area contributed by atoms with Gasteiger partial charge in [-0.15, -0.1) is 0 Å². The van der Waals surface area contributed by atoms with Crippen LogP contribution in [0.5, 0.6) is 0 Å². The van der Waals surface area contributed by atoms with Crippen LogP contribution in [0.15, 0.2) is 29.2 Å². The van der Waals surface area contributed by atoms with Gasteiger partial charge in [-0.1, -0.05) is 0 Å². The van der Waals surface area contributed by atoms with Gasteiger partial charge in [-0.05, 0) is 24.3 Å². The van der Waals surface area contributed by atoms with E-state index in [1.54, 1.807) is 0 Å². The highest BCUT2D eigenvalue weighted by atomic mass is 32.2. The van der Waals surface area contributed by atoms with Gasteiger partial charge in [0.05, 0.1) is 16.5 Å². The lowest BCUT2D eigenvalue weighted by atomic mass is 10.2. The number of sulfonamides is 1. The molecule has 1 aliphatic heterocycles. The Morgan fingerprint density at radius 2 is 1.89 bits per heavy atom. The average molecular weight is 279 g/mol. The van der Waals surface area contributed by atoms with Crippen molar-refractivity contribution in [1.29, 1.82) is 5.26 Å². The minimum absolute atomic E-state index is 0.140. The largest absolute Gasteiger partial charge is 0.355 e. The molecule has 1 fully saturated rings. The molecule has 0 aliphatic carbocycles. The number of carbonyl (C=O) groups excluding carboxylic acids is 1. The van der Waals surface area contributed by atoms with Gasteiger partial charge < -0.3 is 5.32 Å². The number of hydrogen-bond acceptors (Lipinski definition) is 4. The molecular formula is C12H13N3O3S. The fourth-order valence-corrected chi connectivity index (χ4v) is 3.28. The van der Waals surface area contributed by atoms with Gasteiger partial charge in [0.25, 0.3) is 0 Å². The van der Waals surface area contributed by atoms with Gasteiger partial charge in [0.15, 0.2) is 0 Å². The molecule has 2 rings (SSSR count). The fraction of sp³-hybridized carbons (Fsp3) is 0.333. The van der Waals surface area contributed by atoms with Gasteiger partial charge in [0.2, 0.25) is 15.9 Å². The summed E-state index contributed by atoms with van der Waals surface area (Å²) >= 11 is 0. The lowest BCUT2D eigenvalue weighted by molar-refractivity contribution is -0.120. The van der Waals surface area contributed by atoms with Crippen molar-refractivity contribution in [1.82, 2.24) is 9.62 Å². The molecule has 1 heterocycles. The number of benzene rings is 1. The van der Waals surface area contributed by atoms with E-state index in [2.05, 4.69) is 5.32 Å². The number of rotatable bonds is 2. The van der Waals surface area contributed by atoms with Crippen LogP contribution in [-0.2, 0) is 14.8 Å². The lowest BCUT2D eigenvalue weighted by Crippen LogP contribution is -2.34. The van der Waals surface area contributed by atoms with E-state index in [0.717, 1.165) is 0 Å². The van der Waals surface area contributed by atoms with Crippen LogP contribution >= 0.6 is 0 Å². The van der Waals surface area contributed by atoms with Gasteiger partial charge in [0.1, 0.15) is 0 Å². The van der Waals surface area contributed by atoms with E-state index >= 15 is 0 Å². The molecule has 100 valence electrons. The predicted octanol–water partition coefficient (Wildman–Crippen LogP) is 0.0689. The molecule has 0 saturated carbocycles. The minimum atomic E-state index is -3.60. The van der Waals surface area contributed by atoms with Gasteiger partial charge in [-0.3, -0.25) is 4.79 Å². The summed E-state index contributed by atoms with van der Waals surface area (Å²) in [4.78, 5) is 11.3. The summed E-state index contributed by atoms with van der Waals surface area (Å²) in [6.45, 7) is 0.747. The molecule has 1 amide bonds. The van der Waals surface area contributed by atoms with E-state index < -0.39 is 10.0 Å². The molecule has 19 heavy (non-hydrogen) atoms. The first-order valence-corrected chi connectivity index (χ1v) is 7.25. The molecule has 0 unspecified atom stereocenters. The van der Waals surface area contributed by atoms with E-state index in [-0.39, 0.29) is 30.3 Å². The highest BCUT2D eigenvalue weighted by Gasteiger charge is 2.26. The van der Waals surface area contributed by atoms with Gasteiger partial charge in [0, 0.05) is 26.1 Å². The zero-order chi connectivity index (χ0) is 13.9. The first kappa shape index (κ1) is 13.5. The third kappa shape index (κ3) is 2.92. The molecule has 1 aromatic carbocycles. The summed E-state index contributed by atoms with van der Waals surface area (Å²) in [5.41, 5.74) is 0.409. The fourth-order valence-electron chi connectivity index (χ4n) is 1.84. The van der Waals surface area contributed by atoms with E-state index in [1.165, 1.54) is 28.6 Å². The molecule has 0 spiro atoms. The van der Waals surface area contributed by atoms with Crippen molar-refractivity contribution in [3.05, 3.63) is 29.8 Å². The SMILES string of the molecule is N#Cc1ccc(S(=O)(=O)N2CCNC(=O)CC2)cc1. The minimum Gasteiger partial charge on any atom is -0.355 e. The maximum absolute atomic E-state index is 12.4. The smallest absolute Gasteiger partial charge is 0.243 e. The van der Waals surface area contributed by atoms with Crippen molar-refractivity contribution in [3.63, 3.8) is 0 Å². The second-order valence-corrected chi connectivity index (χ2v) is 6.08. The highest BCUT2D eigenvalue weighted by molar-refractivity contribution is 7.89. The number of nitriles is 1. The first-order chi connectivity index (χ1) is 9.04. The summed E-state index contributed by atoms with van der Waals surface area (Å²) < 4.78 is 26.0. The van der Waals surface area contributed by atoms with E-state index in [0.29, 0.717) is 12.1 Å². The van der Waals surface area contributed by atoms with Gasteiger partial charge in [-0.25, -0.2) is 8.42 Å². The van der Waals surface area contributed by atoms with Gasteiger partial charge in [-0.2, -0.15) is 9.57 Å². The number of nitrogens with one attached hydrogen (secondary N) is 1. The van der Waals surface area contributed by atoms with Crippen molar-refractivity contribution in [2.24, 2.45) is 0 Å². The summed E-state index contributed by atoms with van der Waals surface area (Å²) in [6.07, 6.45) is 0.162. The van der Waals surface area contributed by atoms with Crippen LogP contribution in [0.3, 0.4) is 0 Å². The van der Waals surface area contributed by atoms with E-state index in [4.69, 9.17) is 5.26 Å². The van der Waals surface area contributed by atoms with Crippen molar-refractivity contribution in [2.75, 3.05) is 19.6 Å². The third-order valence-electron chi connectivity index (χ3n) is 2.89. The van der Waals surface area contributed by atoms with E-state index in [9.17, 15) is 13.2 Å². The van der Waals surface area contributed by atoms with Crippen molar-refractivity contribution in [3.8, 4) is 6.07 Å². The number of amides is 1. The molecule has 7 heteroatoms. The zero-order valence-electron chi connectivity index (χ0n) is 10.2.